The Hall–Kier alpha value is -3.24. The first-order valence-electron chi connectivity index (χ1n) is 9.85. The molecule has 29 heavy (non-hydrogen) atoms. The standard InChI is InChI=1S/C25H23NO3/c27-23(20-13-5-2-6-14-20)18-25(29)21-15-7-8-16-22(21)26(24(25)28)17-9-12-19-10-3-1-4-11-19/h1-8,10-11,13-16,29H,9,12,17-18H2/t25-/m1/s1. The predicted octanol–water partition coefficient (Wildman–Crippen LogP) is 4.13. The number of amides is 1. The Kier molecular flexibility index (Phi) is 5.28. The van der Waals surface area contributed by atoms with Gasteiger partial charge in [-0.15, -0.1) is 0 Å². The fraction of sp³-hybridized carbons (Fsp3) is 0.200. The third kappa shape index (κ3) is 3.71. The van der Waals surface area contributed by atoms with Gasteiger partial charge in [-0.3, -0.25) is 9.59 Å². The lowest BCUT2D eigenvalue weighted by Crippen LogP contribution is -2.42. The molecule has 1 N–H and O–H groups in total. The average Bonchev–Trinajstić information content (AvgIpc) is 2.97. The molecule has 1 heterocycles. The van der Waals surface area contributed by atoms with E-state index in [9.17, 15) is 14.7 Å². The van der Waals surface area contributed by atoms with Gasteiger partial charge >= 0.3 is 0 Å². The van der Waals surface area contributed by atoms with Gasteiger partial charge in [-0.2, -0.15) is 0 Å². The number of hydrogen-bond donors (Lipinski definition) is 1. The predicted molar refractivity (Wildman–Crippen MR) is 113 cm³/mol. The van der Waals surface area contributed by atoms with Crippen LogP contribution in [0.4, 0.5) is 5.69 Å². The van der Waals surface area contributed by atoms with Crippen molar-refractivity contribution in [1.82, 2.24) is 0 Å². The molecule has 3 aromatic carbocycles. The molecule has 4 nitrogen and oxygen atoms in total. The minimum absolute atomic E-state index is 0.248. The van der Waals surface area contributed by atoms with Gasteiger partial charge in [0.05, 0.1) is 12.1 Å². The van der Waals surface area contributed by atoms with Crippen LogP contribution in [0.2, 0.25) is 0 Å². The number of benzene rings is 3. The number of aliphatic hydroxyl groups is 1. The van der Waals surface area contributed by atoms with Gasteiger partial charge in [-0.25, -0.2) is 0 Å². The maximum atomic E-state index is 13.2. The van der Waals surface area contributed by atoms with E-state index < -0.39 is 11.5 Å². The Labute approximate surface area is 170 Å². The minimum atomic E-state index is -1.82. The van der Waals surface area contributed by atoms with E-state index in [-0.39, 0.29) is 12.2 Å². The van der Waals surface area contributed by atoms with E-state index in [1.54, 1.807) is 41.3 Å². The Bertz CT molecular complexity index is 1020. The molecule has 0 aromatic heterocycles. The molecule has 0 spiro atoms. The number of rotatable bonds is 7. The number of hydrogen-bond acceptors (Lipinski definition) is 3. The average molecular weight is 385 g/mol. The summed E-state index contributed by atoms with van der Waals surface area (Å²) >= 11 is 0. The molecule has 146 valence electrons. The monoisotopic (exact) mass is 385 g/mol. The highest BCUT2D eigenvalue weighted by atomic mass is 16.3. The van der Waals surface area contributed by atoms with E-state index in [0.29, 0.717) is 23.4 Å². The lowest BCUT2D eigenvalue weighted by Gasteiger charge is -2.23. The molecule has 0 unspecified atom stereocenters. The lowest BCUT2D eigenvalue weighted by molar-refractivity contribution is -0.135. The van der Waals surface area contributed by atoms with Crippen LogP contribution in [-0.2, 0) is 16.8 Å². The highest BCUT2D eigenvalue weighted by Gasteiger charge is 2.50. The van der Waals surface area contributed by atoms with E-state index in [1.165, 1.54) is 5.56 Å². The summed E-state index contributed by atoms with van der Waals surface area (Å²) in [5.41, 5.74) is 1.08. The maximum absolute atomic E-state index is 13.2. The molecule has 0 aliphatic carbocycles. The van der Waals surface area contributed by atoms with Gasteiger partial charge in [0.2, 0.25) is 0 Å². The Balaban J connectivity index is 1.54. The Morgan fingerprint density at radius 3 is 2.21 bits per heavy atom. The van der Waals surface area contributed by atoms with Crippen LogP contribution in [0.15, 0.2) is 84.9 Å². The van der Waals surface area contributed by atoms with Gasteiger partial charge in [-0.1, -0.05) is 78.9 Å². The second-order valence-electron chi connectivity index (χ2n) is 7.39. The van der Waals surface area contributed by atoms with Crippen molar-refractivity contribution in [2.24, 2.45) is 0 Å². The van der Waals surface area contributed by atoms with Gasteiger partial charge in [0.1, 0.15) is 0 Å². The van der Waals surface area contributed by atoms with Crippen molar-refractivity contribution in [3.63, 3.8) is 0 Å². The van der Waals surface area contributed by atoms with Crippen molar-refractivity contribution >= 4 is 17.4 Å². The number of Topliss-reactive ketones (excluding diaryl/α,β-unsaturated/α-hetero) is 1. The van der Waals surface area contributed by atoms with Crippen LogP contribution < -0.4 is 4.90 Å². The molecule has 1 amide bonds. The number of fused-ring (bicyclic) bond motifs is 1. The van der Waals surface area contributed by atoms with Crippen LogP contribution in [0.5, 0.6) is 0 Å². The summed E-state index contributed by atoms with van der Waals surface area (Å²) in [6, 6.07) is 26.1. The van der Waals surface area contributed by atoms with Crippen LogP contribution in [0.1, 0.15) is 34.3 Å². The molecule has 1 aliphatic heterocycles. The van der Waals surface area contributed by atoms with E-state index in [2.05, 4.69) is 12.1 Å². The SMILES string of the molecule is O=C(C[C@]1(O)C(=O)N(CCCc2ccccc2)c2ccccc21)c1ccccc1. The molecular weight excluding hydrogens is 362 g/mol. The quantitative estimate of drug-likeness (QED) is 0.622. The molecule has 4 rings (SSSR count). The fourth-order valence-corrected chi connectivity index (χ4v) is 3.94. The summed E-state index contributed by atoms with van der Waals surface area (Å²) in [6.07, 6.45) is 1.35. The molecule has 0 saturated heterocycles. The molecule has 1 atom stereocenters. The van der Waals surface area contributed by atoms with Crippen LogP contribution in [0.25, 0.3) is 0 Å². The van der Waals surface area contributed by atoms with E-state index >= 15 is 0 Å². The number of carbonyl (C=O) groups excluding carboxylic acids is 2. The third-order valence-corrected chi connectivity index (χ3v) is 5.44. The number of ketones is 1. The van der Waals surface area contributed by atoms with E-state index in [4.69, 9.17) is 0 Å². The van der Waals surface area contributed by atoms with E-state index in [1.807, 2.05) is 36.4 Å². The zero-order chi connectivity index (χ0) is 20.3. The summed E-state index contributed by atoms with van der Waals surface area (Å²) in [7, 11) is 0. The highest BCUT2D eigenvalue weighted by molar-refractivity contribution is 6.10. The Morgan fingerprint density at radius 1 is 0.862 bits per heavy atom. The van der Waals surface area contributed by atoms with Gasteiger partial charge in [-0.05, 0) is 24.5 Å². The van der Waals surface area contributed by atoms with Gasteiger partial charge in [0.15, 0.2) is 11.4 Å². The first-order valence-corrected chi connectivity index (χ1v) is 9.85. The second-order valence-corrected chi connectivity index (χ2v) is 7.39. The maximum Gasteiger partial charge on any atom is 0.264 e. The first-order chi connectivity index (χ1) is 14.1. The number of nitrogens with zero attached hydrogens (tertiary/aromatic N) is 1. The third-order valence-electron chi connectivity index (χ3n) is 5.44. The molecule has 4 heteroatoms. The number of para-hydroxylation sites is 1. The molecule has 3 aromatic rings. The van der Waals surface area contributed by atoms with Crippen LogP contribution in [-0.4, -0.2) is 23.3 Å². The number of anilines is 1. The van der Waals surface area contributed by atoms with Crippen LogP contribution in [0.3, 0.4) is 0 Å². The normalized spacial score (nSPS) is 18.0. The number of aryl methyl sites for hydroxylation is 1. The lowest BCUT2D eigenvalue weighted by atomic mass is 9.88. The van der Waals surface area contributed by atoms with Crippen molar-refractivity contribution in [3.05, 3.63) is 102 Å². The summed E-state index contributed by atoms with van der Waals surface area (Å²) in [5, 5.41) is 11.3. The topological polar surface area (TPSA) is 57.6 Å². The van der Waals surface area contributed by atoms with Gasteiger partial charge < -0.3 is 10.0 Å². The van der Waals surface area contributed by atoms with Gasteiger partial charge in [0.25, 0.3) is 5.91 Å². The largest absolute Gasteiger partial charge is 0.375 e. The molecule has 0 radical (unpaired) electrons. The van der Waals surface area contributed by atoms with Crippen molar-refractivity contribution < 1.29 is 14.7 Å². The summed E-state index contributed by atoms with van der Waals surface area (Å²) in [4.78, 5) is 27.6. The summed E-state index contributed by atoms with van der Waals surface area (Å²) < 4.78 is 0. The molecule has 0 fully saturated rings. The fourth-order valence-electron chi connectivity index (χ4n) is 3.94. The molecule has 0 bridgehead atoms. The van der Waals surface area contributed by atoms with Crippen LogP contribution >= 0.6 is 0 Å². The van der Waals surface area contributed by atoms with E-state index in [0.717, 1.165) is 12.8 Å². The smallest absolute Gasteiger partial charge is 0.264 e. The van der Waals surface area contributed by atoms with Crippen molar-refractivity contribution in [2.45, 2.75) is 24.9 Å². The molecule has 1 aliphatic rings. The van der Waals surface area contributed by atoms with Crippen molar-refractivity contribution in [2.75, 3.05) is 11.4 Å². The molecule has 0 saturated carbocycles. The van der Waals surface area contributed by atoms with Crippen LogP contribution in [0, 0.1) is 0 Å². The second kappa shape index (κ2) is 8.02. The Morgan fingerprint density at radius 2 is 1.48 bits per heavy atom. The summed E-state index contributed by atoms with van der Waals surface area (Å²) in [5.74, 6) is -0.668. The first kappa shape index (κ1) is 19.1. The zero-order valence-corrected chi connectivity index (χ0v) is 16.1. The minimum Gasteiger partial charge on any atom is -0.375 e. The molecular formula is C25H23NO3. The number of carbonyl (C=O) groups is 2. The van der Waals surface area contributed by atoms with Crippen molar-refractivity contribution in [1.29, 1.82) is 0 Å². The highest BCUT2D eigenvalue weighted by Crippen LogP contribution is 2.42. The summed E-state index contributed by atoms with van der Waals surface area (Å²) in [6.45, 7) is 0.493. The van der Waals surface area contributed by atoms with Gasteiger partial charge in [0, 0.05) is 17.7 Å². The zero-order valence-electron chi connectivity index (χ0n) is 16.1. The van der Waals surface area contributed by atoms with Crippen molar-refractivity contribution in [3.8, 4) is 0 Å².